The summed E-state index contributed by atoms with van der Waals surface area (Å²) in [5.41, 5.74) is 0. The van der Waals surface area contributed by atoms with Crippen LogP contribution in [0.1, 0.15) is 27.2 Å². The summed E-state index contributed by atoms with van der Waals surface area (Å²) in [4.78, 5) is 33.0. The van der Waals surface area contributed by atoms with Gasteiger partial charge in [-0.2, -0.15) is 0 Å². The Morgan fingerprint density at radius 2 is 1.75 bits per heavy atom. The lowest BCUT2D eigenvalue weighted by Crippen LogP contribution is -2.52. The van der Waals surface area contributed by atoms with E-state index in [0.29, 0.717) is 13.2 Å². The fourth-order valence-electron chi connectivity index (χ4n) is 1.39. The van der Waals surface area contributed by atoms with Crippen molar-refractivity contribution in [2.24, 2.45) is 5.92 Å². The molecule has 0 saturated carbocycles. The van der Waals surface area contributed by atoms with Crippen LogP contribution >= 0.6 is 0 Å². The van der Waals surface area contributed by atoms with Gasteiger partial charge in [-0.3, -0.25) is 4.79 Å². The number of carbonyl (C=O) groups is 3. The molecule has 0 radical (unpaired) electrons. The molecule has 0 saturated heterocycles. The molecule has 20 heavy (non-hydrogen) atoms. The number of hydrogen-bond acceptors (Lipinski definition) is 4. The van der Waals surface area contributed by atoms with E-state index in [0.717, 1.165) is 0 Å². The van der Waals surface area contributed by atoms with Crippen LogP contribution in [0.4, 0.5) is 4.79 Å². The fraction of sp³-hybridized carbons (Fsp3) is 0.750. The Morgan fingerprint density at radius 1 is 1.15 bits per heavy atom. The first kappa shape index (κ1) is 18.2. The Bertz CT molecular complexity index is 345. The average molecular weight is 290 g/mol. The summed E-state index contributed by atoms with van der Waals surface area (Å²) < 4.78 is 5.22. The lowest BCUT2D eigenvalue weighted by molar-refractivity contribution is -0.145. The number of carboxylic acids is 2. The first-order chi connectivity index (χ1) is 9.27. The summed E-state index contributed by atoms with van der Waals surface area (Å²) in [6.45, 7) is 6.40. The van der Waals surface area contributed by atoms with Gasteiger partial charge in [0.2, 0.25) is 0 Å². The highest BCUT2D eigenvalue weighted by Crippen LogP contribution is 2.02. The van der Waals surface area contributed by atoms with Crippen molar-refractivity contribution in [3.63, 3.8) is 0 Å². The van der Waals surface area contributed by atoms with Crippen molar-refractivity contribution in [2.75, 3.05) is 13.2 Å². The normalized spacial score (nSPS) is 13.6. The number of carbonyl (C=O) groups excluding carboxylic acids is 1. The van der Waals surface area contributed by atoms with Gasteiger partial charge in [-0.25, -0.2) is 9.59 Å². The SMILES string of the molecule is CCOCC(NC(=O)N[C@H](CC(=O)O)C(=O)O)C(C)C. The molecule has 0 aromatic heterocycles. The lowest BCUT2D eigenvalue weighted by atomic mass is 10.1. The first-order valence-corrected chi connectivity index (χ1v) is 6.37. The van der Waals surface area contributed by atoms with Gasteiger partial charge in [0.15, 0.2) is 0 Å². The number of aliphatic carboxylic acids is 2. The predicted molar refractivity (Wildman–Crippen MR) is 70.5 cm³/mol. The third-order valence-corrected chi connectivity index (χ3v) is 2.60. The Balaban J connectivity index is 4.47. The lowest BCUT2D eigenvalue weighted by Gasteiger charge is -2.23. The van der Waals surface area contributed by atoms with Gasteiger partial charge < -0.3 is 25.6 Å². The van der Waals surface area contributed by atoms with E-state index >= 15 is 0 Å². The van der Waals surface area contributed by atoms with Crippen LogP contribution in [0.25, 0.3) is 0 Å². The quantitative estimate of drug-likeness (QED) is 0.483. The van der Waals surface area contributed by atoms with Gasteiger partial charge >= 0.3 is 18.0 Å². The van der Waals surface area contributed by atoms with Crippen LogP contribution in [-0.2, 0) is 14.3 Å². The monoisotopic (exact) mass is 290 g/mol. The van der Waals surface area contributed by atoms with Gasteiger partial charge in [0.05, 0.1) is 19.1 Å². The molecule has 0 heterocycles. The number of ether oxygens (including phenoxy) is 1. The number of hydrogen-bond donors (Lipinski definition) is 4. The molecule has 0 aliphatic rings. The van der Waals surface area contributed by atoms with E-state index < -0.39 is 30.4 Å². The van der Waals surface area contributed by atoms with Gasteiger partial charge in [0.1, 0.15) is 6.04 Å². The molecule has 8 heteroatoms. The molecule has 0 aliphatic heterocycles. The Labute approximate surface area is 117 Å². The topological polar surface area (TPSA) is 125 Å². The van der Waals surface area contributed by atoms with E-state index in [4.69, 9.17) is 14.9 Å². The highest BCUT2D eigenvalue weighted by atomic mass is 16.5. The summed E-state index contributed by atoms with van der Waals surface area (Å²) >= 11 is 0. The van der Waals surface area contributed by atoms with Crippen LogP contribution in [0.15, 0.2) is 0 Å². The van der Waals surface area contributed by atoms with Gasteiger partial charge in [0.25, 0.3) is 0 Å². The van der Waals surface area contributed by atoms with E-state index in [1.807, 2.05) is 20.8 Å². The van der Waals surface area contributed by atoms with Gasteiger partial charge in [-0.05, 0) is 12.8 Å². The number of amides is 2. The maximum atomic E-state index is 11.7. The zero-order valence-electron chi connectivity index (χ0n) is 11.9. The van der Waals surface area contributed by atoms with Crippen LogP contribution in [0, 0.1) is 5.92 Å². The van der Waals surface area contributed by atoms with E-state index in [2.05, 4.69) is 10.6 Å². The number of nitrogens with one attached hydrogen (secondary N) is 2. The molecular formula is C12H22N2O6. The maximum absolute atomic E-state index is 11.7. The van der Waals surface area contributed by atoms with Crippen LogP contribution in [0.5, 0.6) is 0 Å². The molecule has 0 rings (SSSR count). The van der Waals surface area contributed by atoms with Crippen molar-refractivity contribution < 1.29 is 29.3 Å². The molecule has 0 aromatic carbocycles. The maximum Gasteiger partial charge on any atom is 0.326 e. The predicted octanol–water partition coefficient (Wildman–Crippen LogP) is 0.275. The summed E-state index contributed by atoms with van der Waals surface area (Å²) in [6.07, 6.45) is -0.680. The van der Waals surface area contributed by atoms with Crippen LogP contribution in [0.2, 0.25) is 0 Å². The van der Waals surface area contributed by atoms with Gasteiger partial charge in [-0.15, -0.1) is 0 Å². The molecule has 8 nitrogen and oxygen atoms in total. The van der Waals surface area contributed by atoms with E-state index in [1.165, 1.54) is 0 Å². The standard InChI is InChI=1S/C12H22N2O6/c1-4-20-6-9(7(2)3)14-12(19)13-8(11(17)18)5-10(15)16/h7-9H,4-6H2,1-3H3,(H,15,16)(H,17,18)(H2,13,14,19)/t8-,9?/m1/s1. The molecule has 2 atom stereocenters. The molecule has 4 N–H and O–H groups in total. The van der Waals surface area contributed by atoms with Crippen LogP contribution in [0.3, 0.4) is 0 Å². The second-order valence-corrected chi connectivity index (χ2v) is 4.62. The number of rotatable bonds is 9. The summed E-state index contributed by atoms with van der Waals surface area (Å²) in [7, 11) is 0. The van der Waals surface area contributed by atoms with Crippen molar-refractivity contribution in [2.45, 2.75) is 39.3 Å². The molecule has 0 spiro atoms. The van der Waals surface area contributed by atoms with Crippen molar-refractivity contribution in [3.8, 4) is 0 Å². The van der Waals surface area contributed by atoms with Gasteiger partial charge in [0, 0.05) is 6.61 Å². The number of carboxylic acid groups (broad SMARTS) is 2. The third kappa shape index (κ3) is 7.57. The fourth-order valence-corrected chi connectivity index (χ4v) is 1.39. The van der Waals surface area contributed by atoms with E-state index in [9.17, 15) is 14.4 Å². The van der Waals surface area contributed by atoms with Crippen molar-refractivity contribution in [3.05, 3.63) is 0 Å². The molecular weight excluding hydrogens is 268 g/mol. The molecule has 0 aromatic rings. The minimum Gasteiger partial charge on any atom is -0.481 e. The minimum atomic E-state index is -1.47. The zero-order valence-corrected chi connectivity index (χ0v) is 11.9. The van der Waals surface area contributed by atoms with Crippen LogP contribution in [-0.4, -0.2) is 53.5 Å². The highest BCUT2D eigenvalue weighted by molar-refractivity contribution is 5.86. The second kappa shape index (κ2) is 9.13. The van der Waals surface area contributed by atoms with Gasteiger partial charge in [-0.1, -0.05) is 13.8 Å². The van der Waals surface area contributed by atoms with Crippen LogP contribution < -0.4 is 10.6 Å². The molecule has 116 valence electrons. The summed E-state index contributed by atoms with van der Waals surface area (Å²) in [6, 6.07) is -2.47. The average Bonchev–Trinajstić information content (AvgIpc) is 2.32. The summed E-state index contributed by atoms with van der Waals surface area (Å²) in [5.74, 6) is -2.60. The van der Waals surface area contributed by atoms with Crippen molar-refractivity contribution in [1.29, 1.82) is 0 Å². The first-order valence-electron chi connectivity index (χ1n) is 6.37. The molecule has 0 bridgehead atoms. The zero-order chi connectivity index (χ0) is 15.7. The second-order valence-electron chi connectivity index (χ2n) is 4.62. The highest BCUT2D eigenvalue weighted by Gasteiger charge is 2.24. The van der Waals surface area contributed by atoms with E-state index in [-0.39, 0.29) is 12.0 Å². The molecule has 0 aliphatic carbocycles. The van der Waals surface area contributed by atoms with Crippen molar-refractivity contribution >= 4 is 18.0 Å². The smallest absolute Gasteiger partial charge is 0.326 e. The largest absolute Gasteiger partial charge is 0.481 e. The Morgan fingerprint density at radius 3 is 2.15 bits per heavy atom. The molecule has 0 fully saturated rings. The molecule has 2 amide bonds. The van der Waals surface area contributed by atoms with E-state index in [1.54, 1.807) is 0 Å². The number of urea groups is 1. The summed E-state index contributed by atoms with van der Waals surface area (Å²) in [5, 5.41) is 22.1. The minimum absolute atomic E-state index is 0.0926. The third-order valence-electron chi connectivity index (χ3n) is 2.60. The Kier molecular flexibility index (Phi) is 8.30. The molecule has 1 unspecified atom stereocenters. The Hall–Kier alpha value is -1.83. The van der Waals surface area contributed by atoms with Crippen molar-refractivity contribution in [1.82, 2.24) is 10.6 Å².